The molecule has 1 rings (SSSR count). The Bertz CT molecular complexity index is 382. The lowest BCUT2D eigenvalue weighted by Crippen LogP contribution is -2.02. The minimum Gasteiger partial charge on any atom is -0.496 e. The zero-order valence-electron chi connectivity index (χ0n) is 10.9. The van der Waals surface area contributed by atoms with Gasteiger partial charge in [0.15, 0.2) is 0 Å². The van der Waals surface area contributed by atoms with E-state index < -0.39 is 6.10 Å². The van der Waals surface area contributed by atoms with E-state index in [-0.39, 0.29) is 5.82 Å². The summed E-state index contributed by atoms with van der Waals surface area (Å²) in [5.41, 5.74) is 0.641. The molecule has 0 aliphatic heterocycles. The summed E-state index contributed by atoms with van der Waals surface area (Å²) in [5.74, 6) is 0.0208. The van der Waals surface area contributed by atoms with Gasteiger partial charge in [0.1, 0.15) is 11.6 Å². The largest absolute Gasteiger partial charge is 0.496 e. The summed E-state index contributed by atoms with van der Waals surface area (Å²) >= 11 is 3.13. The molecule has 0 bridgehead atoms. The lowest BCUT2D eigenvalue weighted by molar-refractivity contribution is 0.159. The molecule has 0 amide bonds. The van der Waals surface area contributed by atoms with Gasteiger partial charge in [-0.05, 0) is 28.4 Å². The molecule has 2 nitrogen and oxygen atoms in total. The molecule has 1 N–H and O–H groups in total. The average molecular weight is 319 g/mol. The van der Waals surface area contributed by atoms with E-state index in [0.29, 0.717) is 22.2 Å². The van der Waals surface area contributed by atoms with Crippen LogP contribution in [0.3, 0.4) is 0 Å². The Morgan fingerprint density at radius 1 is 1.33 bits per heavy atom. The van der Waals surface area contributed by atoms with Gasteiger partial charge in [0.25, 0.3) is 0 Å². The minimum absolute atomic E-state index is 0.353. The molecule has 4 heteroatoms. The number of aliphatic hydroxyl groups excluding tert-OH is 1. The van der Waals surface area contributed by atoms with E-state index in [1.165, 1.54) is 26.0 Å². The number of unbranched alkanes of at least 4 members (excludes halogenated alkanes) is 3. The van der Waals surface area contributed by atoms with Crippen LogP contribution in [-0.2, 0) is 0 Å². The van der Waals surface area contributed by atoms with Crippen molar-refractivity contribution in [3.63, 3.8) is 0 Å². The smallest absolute Gasteiger partial charge is 0.141 e. The van der Waals surface area contributed by atoms with Crippen LogP contribution in [0.5, 0.6) is 5.75 Å². The van der Waals surface area contributed by atoms with E-state index in [0.717, 1.165) is 12.8 Å². The van der Waals surface area contributed by atoms with Crippen molar-refractivity contribution < 1.29 is 14.2 Å². The SMILES string of the molecule is CCCCCCC(O)c1cc(Br)c(F)cc1OC. The molecule has 0 aliphatic rings. The maximum atomic E-state index is 13.4. The third-order valence-electron chi connectivity index (χ3n) is 2.96. The molecule has 0 radical (unpaired) electrons. The second-order valence-corrected chi connectivity index (χ2v) is 5.23. The van der Waals surface area contributed by atoms with Crippen LogP contribution in [0, 0.1) is 5.82 Å². The normalized spacial score (nSPS) is 12.5. The summed E-state index contributed by atoms with van der Waals surface area (Å²) in [6.45, 7) is 2.15. The molecule has 102 valence electrons. The van der Waals surface area contributed by atoms with Crippen LogP contribution in [0.4, 0.5) is 4.39 Å². The second kappa shape index (κ2) is 7.74. The third kappa shape index (κ3) is 4.25. The van der Waals surface area contributed by atoms with E-state index >= 15 is 0 Å². The van der Waals surface area contributed by atoms with Crippen molar-refractivity contribution in [1.29, 1.82) is 0 Å². The van der Waals surface area contributed by atoms with E-state index in [9.17, 15) is 9.50 Å². The van der Waals surface area contributed by atoms with Gasteiger partial charge in [0.05, 0.1) is 17.7 Å². The number of methoxy groups -OCH3 is 1. The highest BCUT2D eigenvalue weighted by Gasteiger charge is 2.16. The number of halogens is 2. The Morgan fingerprint density at radius 2 is 2.06 bits per heavy atom. The molecule has 0 spiro atoms. The van der Waals surface area contributed by atoms with E-state index in [1.54, 1.807) is 6.07 Å². The Balaban J connectivity index is 2.71. The van der Waals surface area contributed by atoms with Gasteiger partial charge in [0, 0.05) is 11.6 Å². The predicted octanol–water partition coefficient (Wildman–Crippen LogP) is 4.60. The summed E-state index contributed by atoms with van der Waals surface area (Å²) in [6.07, 6.45) is 4.49. The van der Waals surface area contributed by atoms with E-state index in [1.807, 2.05) is 0 Å². The summed E-state index contributed by atoms with van der Waals surface area (Å²) in [5, 5.41) is 10.1. The van der Waals surface area contributed by atoms with Gasteiger partial charge >= 0.3 is 0 Å². The highest BCUT2D eigenvalue weighted by Crippen LogP contribution is 2.33. The molecule has 1 aromatic carbocycles. The number of benzene rings is 1. The molecule has 0 aromatic heterocycles. The lowest BCUT2D eigenvalue weighted by atomic mass is 10.0. The molecule has 0 heterocycles. The molecule has 1 atom stereocenters. The van der Waals surface area contributed by atoms with Crippen LogP contribution in [-0.4, -0.2) is 12.2 Å². The highest BCUT2D eigenvalue weighted by atomic mass is 79.9. The number of rotatable bonds is 7. The maximum absolute atomic E-state index is 13.4. The first-order valence-electron chi connectivity index (χ1n) is 6.31. The Morgan fingerprint density at radius 3 is 2.67 bits per heavy atom. The van der Waals surface area contributed by atoms with Crippen molar-refractivity contribution in [3.05, 3.63) is 28.0 Å². The van der Waals surface area contributed by atoms with Gasteiger partial charge in [0.2, 0.25) is 0 Å². The standard InChI is InChI=1S/C14H20BrFO2/c1-3-4-5-6-7-13(17)10-8-11(15)12(16)9-14(10)18-2/h8-9,13,17H,3-7H2,1-2H3. The molecular formula is C14H20BrFO2. The fourth-order valence-electron chi connectivity index (χ4n) is 1.90. The Kier molecular flexibility index (Phi) is 6.65. The van der Waals surface area contributed by atoms with Crippen molar-refractivity contribution in [2.24, 2.45) is 0 Å². The number of hydrogen-bond acceptors (Lipinski definition) is 2. The van der Waals surface area contributed by atoms with Crippen molar-refractivity contribution in [3.8, 4) is 5.75 Å². The van der Waals surface area contributed by atoms with Crippen LogP contribution in [0.2, 0.25) is 0 Å². The highest BCUT2D eigenvalue weighted by molar-refractivity contribution is 9.10. The topological polar surface area (TPSA) is 29.5 Å². The van der Waals surface area contributed by atoms with Gasteiger partial charge in [-0.25, -0.2) is 4.39 Å². The summed E-state index contributed by atoms with van der Waals surface area (Å²) < 4.78 is 18.8. The lowest BCUT2D eigenvalue weighted by Gasteiger charge is -2.15. The molecular weight excluding hydrogens is 299 g/mol. The van der Waals surface area contributed by atoms with Gasteiger partial charge < -0.3 is 9.84 Å². The van der Waals surface area contributed by atoms with Crippen LogP contribution in [0.15, 0.2) is 16.6 Å². The predicted molar refractivity (Wildman–Crippen MR) is 74.4 cm³/mol. The zero-order valence-corrected chi connectivity index (χ0v) is 12.5. The summed E-state index contributed by atoms with van der Waals surface area (Å²) in [7, 11) is 1.48. The maximum Gasteiger partial charge on any atom is 0.141 e. The van der Waals surface area contributed by atoms with E-state index in [4.69, 9.17) is 4.74 Å². The molecule has 0 fully saturated rings. The fourth-order valence-corrected chi connectivity index (χ4v) is 2.26. The van der Waals surface area contributed by atoms with Crippen molar-refractivity contribution in [2.75, 3.05) is 7.11 Å². The van der Waals surface area contributed by atoms with Crippen LogP contribution in [0.25, 0.3) is 0 Å². The monoisotopic (exact) mass is 318 g/mol. The first-order valence-corrected chi connectivity index (χ1v) is 7.10. The average Bonchev–Trinajstić information content (AvgIpc) is 2.37. The van der Waals surface area contributed by atoms with Crippen molar-refractivity contribution in [1.82, 2.24) is 0 Å². The van der Waals surface area contributed by atoms with Gasteiger partial charge in [-0.15, -0.1) is 0 Å². The molecule has 0 saturated carbocycles. The zero-order chi connectivity index (χ0) is 13.5. The second-order valence-electron chi connectivity index (χ2n) is 4.37. The molecule has 1 unspecified atom stereocenters. The number of ether oxygens (including phenoxy) is 1. The minimum atomic E-state index is -0.603. The molecule has 18 heavy (non-hydrogen) atoms. The fraction of sp³-hybridized carbons (Fsp3) is 0.571. The van der Waals surface area contributed by atoms with Crippen molar-refractivity contribution >= 4 is 15.9 Å². The first kappa shape index (κ1) is 15.4. The summed E-state index contributed by atoms with van der Waals surface area (Å²) in [4.78, 5) is 0. The van der Waals surface area contributed by atoms with Crippen LogP contribution < -0.4 is 4.74 Å². The molecule has 0 saturated heterocycles. The number of hydrogen-bond donors (Lipinski definition) is 1. The quantitative estimate of drug-likeness (QED) is 0.744. The molecule has 1 aromatic rings. The van der Waals surface area contributed by atoms with Gasteiger partial charge in [-0.3, -0.25) is 0 Å². The molecule has 0 aliphatic carbocycles. The summed E-state index contributed by atoms with van der Waals surface area (Å²) in [6, 6.07) is 2.90. The van der Waals surface area contributed by atoms with Gasteiger partial charge in [-0.1, -0.05) is 32.6 Å². The number of aliphatic hydroxyl groups is 1. The Hall–Kier alpha value is -0.610. The third-order valence-corrected chi connectivity index (χ3v) is 3.57. The Labute approximate surface area is 116 Å². The van der Waals surface area contributed by atoms with E-state index in [2.05, 4.69) is 22.9 Å². The van der Waals surface area contributed by atoms with Crippen molar-refractivity contribution in [2.45, 2.75) is 45.1 Å². The van der Waals surface area contributed by atoms with Crippen LogP contribution >= 0.6 is 15.9 Å². The first-order chi connectivity index (χ1) is 8.60. The van der Waals surface area contributed by atoms with Crippen LogP contribution in [0.1, 0.15) is 50.7 Å². The van der Waals surface area contributed by atoms with Gasteiger partial charge in [-0.2, -0.15) is 0 Å².